The summed E-state index contributed by atoms with van der Waals surface area (Å²) in [6, 6.07) is 7.47. The van der Waals surface area contributed by atoms with Crippen molar-refractivity contribution in [3.05, 3.63) is 48.5 Å². The molecule has 1 fully saturated rings. The van der Waals surface area contributed by atoms with Crippen LogP contribution in [0.2, 0.25) is 0 Å². The number of rotatable bonds is 4. The molecule has 3 heterocycles. The third-order valence-corrected chi connectivity index (χ3v) is 4.20. The van der Waals surface area contributed by atoms with Gasteiger partial charge >= 0.3 is 0 Å². The van der Waals surface area contributed by atoms with E-state index in [2.05, 4.69) is 19.9 Å². The van der Waals surface area contributed by atoms with E-state index in [1.165, 1.54) is 19.5 Å². The van der Waals surface area contributed by atoms with Gasteiger partial charge in [0.1, 0.15) is 11.8 Å². The summed E-state index contributed by atoms with van der Waals surface area (Å²) in [4.78, 5) is 31.4. The number of para-hydroxylation sites is 2. The summed E-state index contributed by atoms with van der Waals surface area (Å²) < 4.78 is 11.0. The summed E-state index contributed by atoms with van der Waals surface area (Å²) in [5.41, 5.74) is 1.80. The van der Waals surface area contributed by atoms with Crippen LogP contribution in [0.15, 0.2) is 42.9 Å². The smallest absolute Gasteiger partial charge is 0.278 e. The molecule has 4 rings (SSSR count). The molecule has 0 spiro atoms. The molecule has 0 N–H and O–H groups in total. The second kappa shape index (κ2) is 6.91. The van der Waals surface area contributed by atoms with Crippen LogP contribution in [0.4, 0.5) is 0 Å². The first-order valence-electron chi connectivity index (χ1n) is 8.27. The second-order valence-electron chi connectivity index (χ2n) is 5.89. The number of likely N-dealkylation sites (tertiary alicyclic amines) is 1. The lowest BCUT2D eigenvalue weighted by Gasteiger charge is -2.17. The Morgan fingerprint density at radius 1 is 1.12 bits per heavy atom. The molecule has 1 aliphatic rings. The fourth-order valence-electron chi connectivity index (χ4n) is 2.92. The molecular formula is C18H17N5O3. The molecule has 1 aliphatic heterocycles. The van der Waals surface area contributed by atoms with Crippen LogP contribution >= 0.6 is 0 Å². The average molecular weight is 351 g/mol. The molecule has 0 radical (unpaired) electrons. The Bertz CT molecular complexity index is 949. The first kappa shape index (κ1) is 16.2. The minimum atomic E-state index is -0.169. The summed E-state index contributed by atoms with van der Waals surface area (Å²) in [5, 5.41) is 0. The van der Waals surface area contributed by atoms with E-state index in [9.17, 15) is 4.79 Å². The lowest BCUT2D eigenvalue weighted by molar-refractivity contribution is 0.0764. The highest BCUT2D eigenvalue weighted by Crippen LogP contribution is 2.24. The normalized spacial score (nSPS) is 16.7. The summed E-state index contributed by atoms with van der Waals surface area (Å²) >= 11 is 0. The lowest BCUT2D eigenvalue weighted by atomic mass is 10.3. The SMILES string of the molecule is COc1nccnc1OC1CCN(C(=O)c2cnc3ccccc3n2)C1. The maximum atomic E-state index is 12.7. The van der Waals surface area contributed by atoms with Crippen LogP contribution in [0.1, 0.15) is 16.9 Å². The van der Waals surface area contributed by atoms with E-state index in [0.29, 0.717) is 42.5 Å². The number of nitrogens with zero attached hydrogens (tertiary/aromatic N) is 5. The Morgan fingerprint density at radius 3 is 2.69 bits per heavy atom. The van der Waals surface area contributed by atoms with Crippen molar-refractivity contribution in [1.29, 1.82) is 0 Å². The van der Waals surface area contributed by atoms with Crippen LogP contribution < -0.4 is 9.47 Å². The summed E-state index contributed by atoms with van der Waals surface area (Å²) in [6.45, 7) is 1.04. The van der Waals surface area contributed by atoms with Crippen molar-refractivity contribution in [2.75, 3.05) is 20.2 Å². The van der Waals surface area contributed by atoms with Crippen molar-refractivity contribution in [3.63, 3.8) is 0 Å². The first-order chi connectivity index (χ1) is 12.7. The van der Waals surface area contributed by atoms with E-state index in [1.54, 1.807) is 11.1 Å². The van der Waals surface area contributed by atoms with E-state index in [1.807, 2.05) is 24.3 Å². The molecule has 26 heavy (non-hydrogen) atoms. The number of carbonyl (C=O) groups is 1. The number of carbonyl (C=O) groups excluding carboxylic acids is 1. The highest BCUT2D eigenvalue weighted by Gasteiger charge is 2.30. The zero-order valence-corrected chi connectivity index (χ0v) is 14.2. The van der Waals surface area contributed by atoms with Crippen molar-refractivity contribution >= 4 is 16.9 Å². The molecule has 1 atom stereocenters. The third-order valence-electron chi connectivity index (χ3n) is 4.20. The van der Waals surface area contributed by atoms with Gasteiger partial charge in [0.25, 0.3) is 17.7 Å². The van der Waals surface area contributed by atoms with E-state index in [0.717, 1.165) is 5.52 Å². The number of methoxy groups -OCH3 is 1. The predicted molar refractivity (Wildman–Crippen MR) is 93.1 cm³/mol. The van der Waals surface area contributed by atoms with Gasteiger partial charge in [-0.15, -0.1) is 0 Å². The minimum Gasteiger partial charge on any atom is -0.477 e. The number of fused-ring (bicyclic) bond motifs is 1. The van der Waals surface area contributed by atoms with Gasteiger partial charge in [-0.1, -0.05) is 12.1 Å². The van der Waals surface area contributed by atoms with Crippen LogP contribution in [0.3, 0.4) is 0 Å². The van der Waals surface area contributed by atoms with Gasteiger partial charge in [0.05, 0.1) is 30.9 Å². The van der Waals surface area contributed by atoms with Crippen molar-refractivity contribution in [3.8, 4) is 11.8 Å². The lowest BCUT2D eigenvalue weighted by Crippen LogP contribution is -2.31. The molecule has 0 saturated carbocycles. The molecule has 1 saturated heterocycles. The van der Waals surface area contributed by atoms with Crippen molar-refractivity contribution in [1.82, 2.24) is 24.8 Å². The Balaban J connectivity index is 1.46. The van der Waals surface area contributed by atoms with Gasteiger partial charge in [0, 0.05) is 25.4 Å². The van der Waals surface area contributed by atoms with E-state index < -0.39 is 0 Å². The van der Waals surface area contributed by atoms with Crippen LogP contribution in [-0.2, 0) is 0 Å². The molecule has 0 bridgehead atoms. The van der Waals surface area contributed by atoms with E-state index in [4.69, 9.17) is 9.47 Å². The quantitative estimate of drug-likeness (QED) is 0.707. The van der Waals surface area contributed by atoms with Gasteiger partial charge < -0.3 is 14.4 Å². The predicted octanol–water partition coefficient (Wildman–Crippen LogP) is 1.72. The number of ether oxygens (including phenoxy) is 2. The summed E-state index contributed by atoms with van der Waals surface area (Å²) in [7, 11) is 1.51. The standard InChI is InChI=1S/C18H17N5O3/c1-25-16-17(20-8-7-19-16)26-12-6-9-23(11-12)18(24)15-10-21-13-4-2-3-5-14(13)22-15/h2-5,7-8,10,12H,6,9,11H2,1H3. The van der Waals surface area contributed by atoms with Gasteiger partial charge in [0.2, 0.25) is 0 Å². The summed E-state index contributed by atoms with van der Waals surface area (Å²) in [5.74, 6) is 0.512. The maximum Gasteiger partial charge on any atom is 0.278 e. The molecule has 8 nitrogen and oxygen atoms in total. The Morgan fingerprint density at radius 2 is 1.88 bits per heavy atom. The zero-order chi connectivity index (χ0) is 17.9. The van der Waals surface area contributed by atoms with Crippen LogP contribution in [0.25, 0.3) is 11.0 Å². The number of benzene rings is 1. The van der Waals surface area contributed by atoms with Crippen LogP contribution in [0, 0.1) is 0 Å². The van der Waals surface area contributed by atoms with Crippen LogP contribution in [0.5, 0.6) is 11.8 Å². The molecule has 132 valence electrons. The van der Waals surface area contributed by atoms with Crippen molar-refractivity contribution in [2.24, 2.45) is 0 Å². The number of hydrogen-bond donors (Lipinski definition) is 0. The van der Waals surface area contributed by atoms with Crippen molar-refractivity contribution < 1.29 is 14.3 Å². The Labute approximate surface area is 149 Å². The molecule has 3 aromatic rings. The topological polar surface area (TPSA) is 90.3 Å². The van der Waals surface area contributed by atoms with Gasteiger partial charge in [-0.2, -0.15) is 0 Å². The fraction of sp³-hybridized carbons (Fsp3) is 0.278. The van der Waals surface area contributed by atoms with Gasteiger partial charge in [0.15, 0.2) is 0 Å². The number of amides is 1. The summed E-state index contributed by atoms with van der Waals surface area (Å²) in [6.07, 6.45) is 5.13. The molecule has 2 aromatic heterocycles. The molecule has 8 heteroatoms. The molecule has 1 aromatic carbocycles. The largest absolute Gasteiger partial charge is 0.477 e. The number of aromatic nitrogens is 4. The zero-order valence-electron chi connectivity index (χ0n) is 14.2. The highest BCUT2D eigenvalue weighted by atomic mass is 16.5. The molecule has 1 amide bonds. The van der Waals surface area contributed by atoms with Gasteiger partial charge in [-0.05, 0) is 12.1 Å². The Hall–Kier alpha value is -3.29. The first-order valence-corrected chi connectivity index (χ1v) is 8.27. The van der Waals surface area contributed by atoms with E-state index in [-0.39, 0.29) is 12.0 Å². The molecule has 0 aliphatic carbocycles. The molecular weight excluding hydrogens is 334 g/mol. The maximum absolute atomic E-state index is 12.7. The number of hydrogen-bond acceptors (Lipinski definition) is 7. The average Bonchev–Trinajstić information content (AvgIpc) is 3.16. The highest BCUT2D eigenvalue weighted by molar-refractivity contribution is 5.94. The minimum absolute atomic E-state index is 0.152. The van der Waals surface area contributed by atoms with Gasteiger partial charge in [-0.25, -0.2) is 15.0 Å². The Kier molecular flexibility index (Phi) is 4.30. The van der Waals surface area contributed by atoms with E-state index >= 15 is 0 Å². The van der Waals surface area contributed by atoms with Crippen molar-refractivity contribution in [2.45, 2.75) is 12.5 Å². The monoisotopic (exact) mass is 351 g/mol. The molecule has 1 unspecified atom stereocenters. The second-order valence-corrected chi connectivity index (χ2v) is 5.89. The van der Waals surface area contributed by atoms with Gasteiger partial charge in [-0.3, -0.25) is 9.78 Å². The van der Waals surface area contributed by atoms with Crippen LogP contribution in [-0.4, -0.2) is 57.0 Å². The third kappa shape index (κ3) is 3.13. The fourth-order valence-corrected chi connectivity index (χ4v) is 2.92.